The standard InChI is InChI=1S/C22H18N2O5S2/c23-31(27,28)22-8-4-2-6-19(22)24-30(25,26)14-13-16-9-11-17(12-10-16)21-15-18-5-1-3-7-20(18)29-21/h1-15,24H,(H2,23,27,28). The van der Waals surface area contributed by atoms with E-state index in [4.69, 9.17) is 9.56 Å². The van der Waals surface area contributed by atoms with Gasteiger partial charge in [-0.2, -0.15) is 0 Å². The van der Waals surface area contributed by atoms with Gasteiger partial charge in [-0.1, -0.05) is 54.6 Å². The summed E-state index contributed by atoms with van der Waals surface area (Å²) < 4.78 is 56.1. The second kappa shape index (κ2) is 8.03. The van der Waals surface area contributed by atoms with E-state index >= 15 is 0 Å². The van der Waals surface area contributed by atoms with Gasteiger partial charge in [0.25, 0.3) is 10.0 Å². The SMILES string of the molecule is NS(=O)(=O)c1ccccc1NS(=O)(=O)C=Cc1ccc(-c2cc3ccccc3o2)cc1. The lowest BCUT2D eigenvalue weighted by molar-refractivity contribution is 0.598. The van der Waals surface area contributed by atoms with Crippen LogP contribution in [0.3, 0.4) is 0 Å². The molecule has 0 aliphatic heterocycles. The Morgan fingerprint density at radius 2 is 1.52 bits per heavy atom. The number of benzene rings is 3. The van der Waals surface area contributed by atoms with Crippen LogP contribution in [0, 0.1) is 0 Å². The maximum absolute atomic E-state index is 12.4. The zero-order valence-electron chi connectivity index (χ0n) is 16.1. The van der Waals surface area contributed by atoms with Crippen molar-refractivity contribution < 1.29 is 21.3 Å². The molecule has 1 aromatic heterocycles. The van der Waals surface area contributed by atoms with Gasteiger partial charge in [-0.25, -0.2) is 22.0 Å². The topological polar surface area (TPSA) is 119 Å². The molecule has 31 heavy (non-hydrogen) atoms. The predicted molar refractivity (Wildman–Crippen MR) is 121 cm³/mol. The van der Waals surface area contributed by atoms with Gasteiger partial charge in [0.1, 0.15) is 16.2 Å². The van der Waals surface area contributed by atoms with Crippen LogP contribution in [-0.4, -0.2) is 16.8 Å². The molecule has 0 spiro atoms. The molecule has 0 radical (unpaired) electrons. The van der Waals surface area contributed by atoms with Gasteiger partial charge < -0.3 is 4.42 Å². The summed E-state index contributed by atoms with van der Waals surface area (Å²) in [7, 11) is -8.04. The van der Waals surface area contributed by atoms with Crippen LogP contribution in [0.25, 0.3) is 28.4 Å². The summed E-state index contributed by atoms with van der Waals surface area (Å²) in [5, 5.41) is 7.10. The first-order valence-electron chi connectivity index (χ1n) is 9.13. The van der Waals surface area contributed by atoms with E-state index in [1.54, 1.807) is 12.1 Å². The lowest BCUT2D eigenvalue weighted by Crippen LogP contribution is -2.17. The Morgan fingerprint density at radius 1 is 0.839 bits per heavy atom. The van der Waals surface area contributed by atoms with E-state index in [2.05, 4.69) is 4.72 Å². The Balaban J connectivity index is 1.53. The lowest BCUT2D eigenvalue weighted by Gasteiger charge is -2.08. The van der Waals surface area contributed by atoms with Gasteiger partial charge in [-0.15, -0.1) is 0 Å². The molecule has 3 N–H and O–H groups in total. The number of hydrogen-bond donors (Lipinski definition) is 2. The minimum Gasteiger partial charge on any atom is -0.456 e. The highest BCUT2D eigenvalue weighted by atomic mass is 32.2. The molecule has 4 rings (SSSR count). The number of primary sulfonamides is 1. The smallest absolute Gasteiger partial charge is 0.255 e. The van der Waals surface area contributed by atoms with Crippen LogP contribution in [0.5, 0.6) is 0 Å². The average Bonchev–Trinajstić information content (AvgIpc) is 3.16. The predicted octanol–water partition coefficient (Wildman–Crippen LogP) is 4.16. The Labute approximate surface area is 179 Å². The van der Waals surface area contributed by atoms with Crippen molar-refractivity contribution in [3.05, 3.63) is 89.8 Å². The van der Waals surface area contributed by atoms with Crippen LogP contribution in [-0.2, 0) is 20.0 Å². The minimum atomic E-state index is -4.07. The van der Waals surface area contributed by atoms with Crippen molar-refractivity contribution in [2.45, 2.75) is 4.90 Å². The molecule has 0 amide bonds. The fraction of sp³-hybridized carbons (Fsp3) is 0. The number of nitrogens with one attached hydrogen (secondary N) is 1. The zero-order chi connectivity index (χ0) is 22.1. The van der Waals surface area contributed by atoms with E-state index in [1.165, 1.54) is 30.3 Å². The van der Waals surface area contributed by atoms with Gasteiger partial charge in [-0.3, -0.25) is 4.72 Å². The normalized spacial score (nSPS) is 12.4. The van der Waals surface area contributed by atoms with E-state index in [1.807, 2.05) is 42.5 Å². The Kier molecular flexibility index (Phi) is 5.40. The van der Waals surface area contributed by atoms with Crippen LogP contribution < -0.4 is 9.86 Å². The summed E-state index contributed by atoms with van der Waals surface area (Å²) in [5.41, 5.74) is 2.18. The van der Waals surface area contributed by atoms with Gasteiger partial charge in [0, 0.05) is 10.9 Å². The van der Waals surface area contributed by atoms with Crippen LogP contribution in [0.1, 0.15) is 5.56 Å². The molecule has 7 nitrogen and oxygen atoms in total. The van der Waals surface area contributed by atoms with E-state index < -0.39 is 20.0 Å². The lowest BCUT2D eigenvalue weighted by atomic mass is 10.1. The van der Waals surface area contributed by atoms with Crippen LogP contribution >= 0.6 is 0 Å². The number of fused-ring (bicyclic) bond motifs is 1. The molecule has 0 aliphatic rings. The van der Waals surface area contributed by atoms with Crippen LogP contribution in [0.15, 0.2) is 93.6 Å². The zero-order valence-corrected chi connectivity index (χ0v) is 17.7. The van der Waals surface area contributed by atoms with Crippen molar-refractivity contribution in [1.29, 1.82) is 0 Å². The van der Waals surface area contributed by atoms with Crippen molar-refractivity contribution in [2.75, 3.05) is 4.72 Å². The Bertz CT molecular complexity index is 1450. The number of sulfonamides is 2. The Hall–Kier alpha value is -3.40. The molecule has 0 saturated carbocycles. The van der Waals surface area contributed by atoms with Gasteiger partial charge in [0.2, 0.25) is 10.0 Å². The maximum Gasteiger partial charge on any atom is 0.255 e. The Morgan fingerprint density at radius 3 is 2.23 bits per heavy atom. The summed E-state index contributed by atoms with van der Waals surface area (Å²) in [6.07, 6.45) is 1.41. The van der Waals surface area contributed by atoms with Crippen molar-refractivity contribution in [2.24, 2.45) is 5.14 Å². The number of para-hydroxylation sites is 2. The highest BCUT2D eigenvalue weighted by Gasteiger charge is 2.16. The first-order chi connectivity index (χ1) is 14.7. The highest BCUT2D eigenvalue weighted by Crippen LogP contribution is 2.28. The number of anilines is 1. The van der Waals surface area contributed by atoms with Crippen LogP contribution in [0.4, 0.5) is 5.69 Å². The molecular weight excluding hydrogens is 436 g/mol. The average molecular weight is 455 g/mol. The molecule has 0 bridgehead atoms. The van der Waals surface area contributed by atoms with Gasteiger partial charge in [-0.05, 0) is 35.9 Å². The fourth-order valence-corrected chi connectivity index (χ4v) is 4.68. The molecule has 0 saturated heterocycles. The molecule has 0 aliphatic carbocycles. The molecule has 0 unspecified atom stereocenters. The second-order valence-electron chi connectivity index (χ2n) is 6.76. The molecule has 0 fully saturated rings. The number of rotatable bonds is 6. The molecule has 158 valence electrons. The van der Waals surface area contributed by atoms with E-state index in [9.17, 15) is 16.8 Å². The fourth-order valence-electron chi connectivity index (χ4n) is 3.04. The summed E-state index contributed by atoms with van der Waals surface area (Å²) >= 11 is 0. The molecule has 0 atom stereocenters. The van der Waals surface area contributed by atoms with Crippen molar-refractivity contribution in [3.63, 3.8) is 0 Å². The maximum atomic E-state index is 12.4. The van der Waals surface area contributed by atoms with Gasteiger partial charge in [0.05, 0.1) is 11.1 Å². The molecule has 9 heteroatoms. The second-order valence-corrected chi connectivity index (χ2v) is 9.86. The summed E-state index contributed by atoms with van der Waals surface area (Å²) in [5.74, 6) is 0.714. The van der Waals surface area contributed by atoms with E-state index in [-0.39, 0.29) is 10.6 Å². The molecule has 4 aromatic rings. The molecule has 3 aromatic carbocycles. The van der Waals surface area contributed by atoms with Gasteiger partial charge >= 0.3 is 0 Å². The molecule has 1 heterocycles. The third kappa shape index (κ3) is 4.85. The third-order valence-electron chi connectivity index (χ3n) is 4.51. The van der Waals surface area contributed by atoms with Crippen molar-refractivity contribution >= 4 is 42.8 Å². The minimum absolute atomic E-state index is 0.116. The molecular formula is C22H18N2O5S2. The first kappa shape index (κ1) is 20.9. The van der Waals surface area contributed by atoms with E-state index in [0.29, 0.717) is 11.3 Å². The van der Waals surface area contributed by atoms with Gasteiger partial charge in [0.15, 0.2) is 0 Å². The quantitative estimate of drug-likeness (QED) is 0.453. The van der Waals surface area contributed by atoms with Crippen molar-refractivity contribution in [1.82, 2.24) is 0 Å². The highest BCUT2D eigenvalue weighted by molar-refractivity contribution is 7.95. The monoisotopic (exact) mass is 454 g/mol. The third-order valence-corrected chi connectivity index (χ3v) is 6.47. The number of furan rings is 1. The summed E-state index contributed by atoms with van der Waals surface area (Å²) in [6, 6.07) is 22.3. The van der Waals surface area contributed by atoms with Crippen molar-refractivity contribution in [3.8, 4) is 11.3 Å². The summed E-state index contributed by atoms with van der Waals surface area (Å²) in [4.78, 5) is -0.304. The van der Waals surface area contributed by atoms with Crippen LogP contribution in [0.2, 0.25) is 0 Å². The summed E-state index contributed by atoms with van der Waals surface area (Å²) in [6.45, 7) is 0. The number of nitrogens with two attached hydrogens (primary N) is 1. The number of hydrogen-bond acceptors (Lipinski definition) is 5. The first-order valence-corrected chi connectivity index (χ1v) is 12.2. The largest absolute Gasteiger partial charge is 0.456 e. The van der Waals surface area contributed by atoms with E-state index in [0.717, 1.165) is 21.9 Å².